The third kappa shape index (κ3) is 6.33. The molecule has 0 aliphatic carbocycles. The van der Waals surface area contributed by atoms with Crippen LogP contribution in [0.25, 0.3) is 0 Å². The lowest BCUT2D eigenvalue weighted by atomic mass is 10.3. The van der Waals surface area contributed by atoms with Gasteiger partial charge in [0.25, 0.3) is 0 Å². The Kier molecular flexibility index (Phi) is 7.96. The predicted molar refractivity (Wildman–Crippen MR) is 74.7 cm³/mol. The van der Waals surface area contributed by atoms with E-state index in [1.54, 1.807) is 0 Å². The molecule has 0 aromatic heterocycles. The van der Waals surface area contributed by atoms with Crippen LogP contribution in [0.3, 0.4) is 0 Å². The monoisotopic (exact) mass is 256 g/mol. The van der Waals surface area contributed by atoms with Crippen LogP contribution in [0.1, 0.15) is 20.3 Å². The van der Waals surface area contributed by atoms with Crippen LogP contribution in [0.5, 0.6) is 0 Å². The highest BCUT2D eigenvalue weighted by Crippen LogP contribution is 1.94. The third-order valence-corrected chi connectivity index (χ3v) is 3.51. The Hall–Kier alpha value is -0.650. The van der Waals surface area contributed by atoms with Crippen molar-refractivity contribution >= 4 is 5.91 Å². The van der Waals surface area contributed by atoms with Gasteiger partial charge in [-0.05, 0) is 13.1 Å². The summed E-state index contributed by atoms with van der Waals surface area (Å²) in [5, 5.41) is 6.31. The second kappa shape index (κ2) is 9.30. The Balaban J connectivity index is 2.02. The van der Waals surface area contributed by atoms with Crippen LogP contribution < -0.4 is 10.6 Å². The normalized spacial score (nSPS) is 17.1. The molecule has 0 aromatic rings. The number of nitrogens with one attached hydrogen (secondary N) is 2. The first-order chi connectivity index (χ1) is 8.76. The van der Waals surface area contributed by atoms with Crippen molar-refractivity contribution in [2.24, 2.45) is 0 Å². The van der Waals surface area contributed by atoms with Gasteiger partial charge >= 0.3 is 0 Å². The maximum Gasteiger partial charge on any atom is 0.221 e. The fourth-order valence-corrected chi connectivity index (χ4v) is 2.18. The highest BCUT2D eigenvalue weighted by atomic mass is 16.1. The average molecular weight is 256 g/mol. The van der Waals surface area contributed by atoms with Crippen LogP contribution in [0.15, 0.2) is 0 Å². The lowest BCUT2D eigenvalue weighted by Crippen LogP contribution is -2.45. The Morgan fingerprint density at radius 2 is 1.94 bits per heavy atom. The topological polar surface area (TPSA) is 47.6 Å². The molecule has 1 aliphatic rings. The van der Waals surface area contributed by atoms with E-state index < -0.39 is 0 Å². The highest BCUT2D eigenvalue weighted by Gasteiger charge is 2.11. The lowest BCUT2D eigenvalue weighted by Gasteiger charge is -2.26. The van der Waals surface area contributed by atoms with Crippen molar-refractivity contribution < 1.29 is 4.79 Å². The van der Waals surface area contributed by atoms with E-state index >= 15 is 0 Å². The molecule has 0 bridgehead atoms. The summed E-state index contributed by atoms with van der Waals surface area (Å²) in [6.07, 6.45) is 0.623. The van der Waals surface area contributed by atoms with Gasteiger partial charge in [0.1, 0.15) is 0 Å². The van der Waals surface area contributed by atoms with Gasteiger partial charge in [-0.15, -0.1) is 0 Å². The fourth-order valence-electron chi connectivity index (χ4n) is 2.18. The van der Waals surface area contributed by atoms with Crippen LogP contribution in [-0.2, 0) is 4.79 Å². The summed E-state index contributed by atoms with van der Waals surface area (Å²) in [5.41, 5.74) is 0. The molecule has 0 unspecified atom stereocenters. The summed E-state index contributed by atoms with van der Waals surface area (Å²) in [5.74, 6) is 0.181. The van der Waals surface area contributed by atoms with Gasteiger partial charge in [-0.1, -0.05) is 13.8 Å². The van der Waals surface area contributed by atoms with E-state index in [1.165, 1.54) is 0 Å². The first-order valence-corrected chi connectivity index (χ1v) is 7.18. The Morgan fingerprint density at radius 3 is 2.56 bits per heavy atom. The molecule has 0 atom stereocenters. The molecule has 5 nitrogen and oxygen atoms in total. The zero-order valence-electron chi connectivity index (χ0n) is 11.9. The maximum absolute atomic E-state index is 11.7. The fraction of sp³-hybridized carbons (Fsp3) is 0.923. The van der Waals surface area contributed by atoms with E-state index in [4.69, 9.17) is 0 Å². The summed E-state index contributed by atoms with van der Waals surface area (Å²) in [7, 11) is 0. The Morgan fingerprint density at radius 1 is 1.28 bits per heavy atom. The molecule has 106 valence electrons. The van der Waals surface area contributed by atoms with Crippen molar-refractivity contribution in [3.63, 3.8) is 0 Å². The smallest absolute Gasteiger partial charge is 0.221 e. The Labute approximate surface area is 111 Å². The van der Waals surface area contributed by atoms with E-state index in [0.29, 0.717) is 6.42 Å². The minimum absolute atomic E-state index is 0.181. The summed E-state index contributed by atoms with van der Waals surface area (Å²) < 4.78 is 0. The molecule has 1 heterocycles. The zero-order valence-corrected chi connectivity index (χ0v) is 11.9. The zero-order chi connectivity index (χ0) is 13.2. The predicted octanol–water partition coefficient (Wildman–Crippen LogP) is -0.260. The highest BCUT2D eigenvalue weighted by molar-refractivity contribution is 5.76. The van der Waals surface area contributed by atoms with Crippen molar-refractivity contribution in [3.05, 3.63) is 0 Å². The van der Waals surface area contributed by atoms with Gasteiger partial charge in [0, 0.05) is 52.2 Å². The van der Waals surface area contributed by atoms with Gasteiger partial charge in [-0.25, -0.2) is 0 Å². The number of hydrogen-bond acceptors (Lipinski definition) is 4. The number of carbonyl (C=O) groups excluding carboxylic acids is 1. The number of rotatable bonds is 8. The molecule has 1 aliphatic heterocycles. The molecular formula is C13H28N4O. The van der Waals surface area contributed by atoms with Gasteiger partial charge in [-0.3, -0.25) is 4.79 Å². The average Bonchev–Trinajstić information content (AvgIpc) is 2.42. The van der Waals surface area contributed by atoms with Crippen molar-refractivity contribution in [2.45, 2.75) is 20.3 Å². The third-order valence-electron chi connectivity index (χ3n) is 3.51. The van der Waals surface area contributed by atoms with E-state index in [9.17, 15) is 4.79 Å². The van der Waals surface area contributed by atoms with Crippen LogP contribution in [0, 0.1) is 0 Å². The molecule has 1 saturated heterocycles. The van der Waals surface area contributed by atoms with E-state index in [1.807, 2.05) is 0 Å². The number of carbonyl (C=O) groups is 1. The molecule has 0 aromatic carbocycles. The first-order valence-electron chi connectivity index (χ1n) is 7.18. The summed E-state index contributed by atoms with van der Waals surface area (Å²) >= 11 is 0. The molecule has 0 saturated carbocycles. The second-order valence-corrected chi connectivity index (χ2v) is 4.72. The van der Waals surface area contributed by atoms with Crippen LogP contribution in [0.2, 0.25) is 0 Å². The molecule has 1 fully saturated rings. The van der Waals surface area contributed by atoms with E-state index in [-0.39, 0.29) is 5.91 Å². The number of hydrogen-bond donors (Lipinski definition) is 2. The quantitative estimate of drug-likeness (QED) is 0.628. The standard InChI is InChI=1S/C13H28N4O/c1-3-16(4-2)12-8-15-13(18)5-9-17-10-6-14-7-11-17/h14H,3-12H2,1-2H3,(H,15,18). The minimum Gasteiger partial charge on any atom is -0.355 e. The van der Waals surface area contributed by atoms with Crippen LogP contribution >= 0.6 is 0 Å². The van der Waals surface area contributed by atoms with Gasteiger partial charge in [0.05, 0.1) is 0 Å². The lowest BCUT2D eigenvalue weighted by molar-refractivity contribution is -0.121. The van der Waals surface area contributed by atoms with Crippen molar-refractivity contribution in [1.29, 1.82) is 0 Å². The molecule has 18 heavy (non-hydrogen) atoms. The number of likely N-dealkylation sites (N-methyl/N-ethyl adjacent to an activating group) is 1. The summed E-state index contributed by atoms with van der Waals surface area (Å²) in [6.45, 7) is 13.2. The SMILES string of the molecule is CCN(CC)CCNC(=O)CCN1CCNCC1. The van der Waals surface area contributed by atoms with Crippen LogP contribution in [0.4, 0.5) is 0 Å². The summed E-state index contributed by atoms with van der Waals surface area (Å²) in [4.78, 5) is 16.3. The number of amides is 1. The number of piperazine rings is 1. The molecule has 0 spiro atoms. The molecule has 2 N–H and O–H groups in total. The molecule has 1 rings (SSSR count). The minimum atomic E-state index is 0.181. The van der Waals surface area contributed by atoms with E-state index in [2.05, 4.69) is 34.3 Å². The van der Waals surface area contributed by atoms with Gasteiger partial charge in [-0.2, -0.15) is 0 Å². The van der Waals surface area contributed by atoms with Crippen molar-refractivity contribution in [1.82, 2.24) is 20.4 Å². The van der Waals surface area contributed by atoms with Crippen LogP contribution in [-0.4, -0.2) is 74.6 Å². The number of nitrogens with zero attached hydrogens (tertiary/aromatic N) is 2. The Bertz CT molecular complexity index is 225. The van der Waals surface area contributed by atoms with E-state index in [0.717, 1.165) is 58.9 Å². The molecule has 0 radical (unpaired) electrons. The molecular weight excluding hydrogens is 228 g/mol. The van der Waals surface area contributed by atoms with Gasteiger partial charge < -0.3 is 20.4 Å². The second-order valence-electron chi connectivity index (χ2n) is 4.72. The van der Waals surface area contributed by atoms with Gasteiger partial charge in [0.15, 0.2) is 0 Å². The van der Waals surface area contributed by atoms with Crippen molar-refractivity contribution in [2.75, 3.05) is 58.9 Å². The van der Waals surface area contributed by atoms with Crippen molar-refractivity contribution in [3.8, 4) is 0 Å². The van der Waals surface area contributed by atoms with Gasteiger partial charge in [0.2, 0.25) is 5.91 Å². The molecule has 5 heteroatoms. The first kappa shape index (κ1) is 15.4. The largest absolute Gasteiger partial charge is 0.355 e. The summed E-state index contributed by atoms with van der Waals surface area (Å²) in [6, 6.07) is 0. The molecule has 1 amide bonds. The maximum atomic E-state index is 11.7.